The summed E-state index contributed by atoms with van der Waals surface area (Å²) in [6.07, 6.45) is 0. The van der Waals surface area contributed by atoms with E-state index in [1.807, 2.05) is 0 Å². The van der Waals surface area contributed by atoms with Crippen LogP contribution < -0.4 is 34.7 Å². The molecule has 0 aliphatic heterocycles. The van der Waals surface area contributed by atoms with Crippen LogP contribution in [0.5, 0.6) is 0 Å². The van der Waals surface area contributed by atoms with Crippen molar-refractivity contribution in [3.63, 3.8) is 0 Å². The third kappa shape index (κ3) is 3.19. The second-order valence-electron chi connectivity index (χ2n) is 3.99. The zero-order valence-electron chi connectivity index (χ0n) is 10.6. The van der Waals surface area contributed by atoms with E-state index in [2.05, 4.69) is 0 Å². The van der Waals surface area contributed by atoms with Gasteiger partial charge in [-0.05, 0) is 17.7 Å². The summed E-state index contributed by atoms with van der Waals surface area (Å²) in [6, 6.07) is 12.1. The van der Waals surface area contributed by atoms with Crippen LogP contribution in [0.2, 0.25) is 10.0 Å². The van der Waals surface area contributed by atoms with Crippen LogP contribution in [0.25, 0.3) is 0 Å². The van der Waals surface area contributed by atoms with Gasteiger partial charge >= 0.3 is 29.6 Å². The average molecular weight is 319 g/mol. The Hall–Kier alpha value is -0.550. The monoisotopic (exact) mass is 318 g/mol. The van der Waals surface area contributed by atoms with E-state index >= 15 is 0 Å². The molecule has 0 aromatic heterocycles. The number of carboxylic acids is 1. The summed E-state index contributed by atoms with van der Waals surface area (Å²) in [7, 11) is 0. The summed E-state index contributed by atoms with van der Waals surface area (Å²) in [6.45, 7) is 0. The van der Waals surface area contributed by atoms with Gasteiger partial charge in [-0.25, -0.2) is 0 Å². The first-order valence-corrected chi connectivity index (χ1v) is 6.16. The van der Waals surface area contributed by atoms with E-state index in [4.69, 9.17) is 23.2 Å². The number of carbonyl (C=O) groups excluding carboxylic acids is 1. The Bertz CT molecular complexity index is 619. The molecule has 0 bridgehead atoms. The first kappa shape index (κ1) is 17.5. The molecular weight excluding hydrogens is 310 g/mol. The average Bonchev–Trinajstić information content (AvgIpc) is 2.38. The number of benzene rings is 2. The van der Waals surface area contributed by atoms with Gasteiger partial charge in [-0.1, -0.05) is 59.6 Å². The molecule has 2 aromatic rings. The third-order valence-electron chi connectivity index (χ3n) is 2.81. The summed E-state index contributed by atoms with van der Waals surface area (Å²) in [5.74, 6) is -1.65. The van der Waals surface area contributed by atoms with Gasteiger partial charge in [0.1, 0.15) is 0 Å². The van der Waals surface area contributed by atoms with Crippen molar-refractivity contribution in [1.82, 2.24) is 0 Å². The van der Waals surface area contributed by atoms with Gasteiger partial charge < -0.3 is 15.0 Å². The predicted molar refractivity (Wildman–Crippen MR) is 70.9 cm³/mol. The van der Waals surface area contributed by atoms with Crippen molar-refractivity contribution in [3.05, 3.63) is 69.7 Å². The van der Waals surface area contributed by atoms with Crippen LogP contribution in [0.15, 0.2) is 48.5 Å². The number of rotatable bonds is 3. The Balaban J connectivity index is 0.00000200. The molecule has 0 aliphatic carbocycles. The van der Waals surface area contributed by atoms with Gasteiger partial charge in [0.05, 0.1) is 5.97 Å². The van der Waals surface area contributed by atoms with Crippen molar-refractivity contribution in [2.24, 2.45) is 0 Å². The van der Waals surface area contributed by atoms with Crippen molar-refractivity contribution < 1.29 is 44.6 Å². The summed E-state index contributed by atoms with van der Waals surface area (Å²) in [5, 5.41) is 22.3. The van der Waals surface area contributed by atoms with Crippen LogP contribution in [0.3, 0.4) is 0 Å². The van der Waals surface area contributed by atoms with Crippen LogP contribution in [0, 0.1) is 0 Å². The second kappa shape index (κ2) is 6.94. The van der Waals surface area contributed by atoms with Crippen LogP contribution >= 0.6 is 23.2 Å². The van der Waals surface area contributed by atoms with Crippen LogP contribution in [0.1, 0.15) is 11.1 Å². The fourth-order valence-corrected chi connectivity index (χ4v) is 2.39. The number of carbonyl (C=O) groups is 1. The van der Waals surface area contributed by atoms with E-state index in [-0.39, 0.29) is 45.7 Å². The molecule has 0 saturated carbocycles. The first-order chi connectivity index (χ1) is 8.96. The Kier molecular flexibility index (Phi) is 6.07. The summed E-state index contributed by atoms with van der Waals surface area (Å²) >= 11 is 11.7. The first-order valence-electron chi connectivity index (χ1n) is 5.41. The number of hydrogen-bond donors (Lipinski definition) is 1. The Morgan fingerprint density at radius 2 is 1.70 bits per heavy atom. The maximum atomic E-state index is 11.4. The molecule has 1 atom stereocenters. The van der Waals surface area contributed by atoms with E-state index in [0.29, 0.717) is 5.02 Å². The Labute approximate surface area is 148 Å². The van der Waals surface area contributed by atoms with Gasteiger partial charge in [0.15, 0.2) is 5.60 Å². The standard InChI is InChI=1S/C14H10Cl2O3.Na/c15-10-6-7-11(12(16)8-10)14(19,13(17)18)9-4-2-1-3-5-9;/h1-8,19H,(H,17,18);/q;+1/p-1. The third-order valence-corrected chi connectivity index (χ3v) is 3.36. The number of halogens is 2. The largest absolute Gasteiger partial charge is 1.00 e. The van der Waals surface area contributed by atoms with Gasteiger partial charge in [0, 0.05) is 15.6 Å². The van der Waals surface area contributed by atoms with Gasteiger partial charge in [0.25, 0.3) is 0 Å². The van der Waals surface area contributed by atoms with Crippen molar-refractivity contribution in [2.45, 2.75) is 5.60 Å². The summed E-state index contributed by atoms with van der Waals surface area (Å²) in [4.78, 5) is 11.4. The fourth-order valence-electron chi connectivity index (χ4n) is 1.85. The topological polar surface area (TPSA) is 60.4 Å². The zero-order valence-corrected chi connectivity index (χ0v) is 14.2. The van der Waals surface area contributed by atoms with Gasteiger partial charge in [-0.2, -0.15) is 0 Å². The Morgan fingerprint density at radius 3 is 2.20 bits per heavy atom. The minimum atomic E-state index is -2.32. The number of aliphatic hydroxyl groups is 1. The van der Waals surface area contributed by atoms with Crippen molar-refractivity contribution in [2.75, 3.05) is 0 Å². The number of aliphatic carboxylic acids is 1. The molecule has 2 rings (SSSR count). The Morgan fingerprint density at radius 1 is 1.10 bits per heavy atom. The second-order valence-corrected chi connectivity index (χ2v) is 4.83. The van der Waals surface area contributed by atoms with Crippen LogP contribution in [-0.4, -0.2) is 11.1 Å². The maximum Gasteiger partial charge on any atom is 1.00 e. The molecule has 20 heavy (non-hydrogen) atoms. The zero-order chi connectivity index (χ0) is 14.0. The molecule has 6 heteroatoms. The van der Waals surface area contributed by atoms with Gasteiger partial charge in [0.2, 0.25) is 0 Å². The van der Waals surface area contributed by atoms with Crippen molar-refractivity contribution in [1.29, 1.82) is 0 Å². The number of hydrogen-bond acceptors (Lipinski definition) is 3. The molecule has 0 saturated heterocycles. The molecule has 3 nitrogen and oxygen atoms in total. The molecule has 0 amide bonds. The van der Waals surface area contributed by atoms with E-state index in [0.717, 1.165) is 0 Å². The van der Waals surface area contributed by atoms with Gasteiger partial charge in [-0.3, -0.25) is 0 Å². The minimum absolute atomic E-state index is 0. The summed E-state index contributed by atoms with van der Waals surface area (Å²) in [5.41, 5.74) is -2.13. The molecule has 2 aromatic carbocycles. The smallest absolute Gasteiger partial charge is 0.546 e. The molecule has 0 fully saturated rings. The van der Waals surface area contributed by atoms with E-state index in [9.17, 15) is 15.0 Å². The maximum absolute atomic E-state index is 11.4. The fraction of sp³-hybridized carbons (Fsp3) is 0.0714. The van der Waals surface area contributed by atoms with Crippen molar-refractivity contribution in [3.8, 4) is 0 Å². The minimum Gasteiger partial charge on any atom is -0.546 e. The SMILES string of the molecule is O=C([O-])C(O)(c1ccccc1)c1ccc(Cl)cc1Cl.[Na+]. The molecular formula is C14H9Cl2NaO3. The van der Waals surface area contributed by atoms with E-state index in [1.54, 1.807) is 18.2 Å². The normalized spacial score (nSPS) is 13.2. The molecule has 0 heterocycles. The predicted octanol–water partition coefficient (Wildman–Crippen LogP) is -1.02. The molecule has 98 valence electrons. The van der Waals surface area contributed by atoms with Crippen molar-refractivity contribution >= 4 is 29.2 Å². The molecule has 0 aliphatic rings. The van der Waals surface area contributed by atoms with E-state index < -0.39 is 11.6 Å². The molecule has 1 unspecified atom stereocenters. The van der Waals surface area contributed by atoms with E-state index in [1.165, 1.54) is 30.3 Å². The quantitative estimate of drug-likeness (QED) is 0.737. The molecule has 0 radical (unpaired) electrons. The molecule has 1 N–H and O–H groups in total. The van der Waals surface area contributed by atoms with Crippen LogP contribution in [0.4, 0.5) is 0 Å². The molecule has 0 spiro atoms. The summed E-state index contributed by atoms with van der Waals surface area (Å²) < 4.78 is 0. The number of carboxylic acid groups (broad SMARTS) is 1. The van der Waals surface area contributed by atoms with Crippen LogP contribution in [-0.2, 0) is 10.4 Å². The van der Waals surface area contributed by atoms with Gasteiger partial charge in [-0.15, -0.1) is 0 Å².